The molecule has 0 bridgehead atoms. The first-order chi connectivity index (χ1) is 11.9. The molecule has 1 fully saturated rings. The number of aryl methyl sites for hydroxylation is 1. The summed E-state index contributed by atoms with van der Waals surface area (Å²) in [5.41, 5.74) is 1.46. The molecule has 1 heterocycles. The largest absolute Gasteiger partial charge is 0.416 e. The summed E-state index contributed by atoms with van der Waals surface area (Å²) in [5.74, 6) is 0. The fourth-order valence-electron chi connectivity index (χ4n) is 3.22. The Morgan fingerprint density at radius 1 is 0.960 bits per heavy atom. The van der Waals surface area contributed by atoms with Crippen LogP contribution < -0.4 is 0 Å². The highest BCUT2D eigenvalue weighted by Crippen LogP contribution is 2.37. The Balaban J connectivity index is 1.64. The molecule has 1 saturated heterocycles. The smallest absolute Gasteiger partial charge is 0.370 e. The predicted molar refractivity (Wildman–Crippen MR) is 95.8 cm³/mol. The molecular weight excluding hydrogens is 393 g/mol. The zero-order valence-corrected chi connectivity index (χ0v) is 15.3. The third kappa shape index (κ3) is 5.08. The minimum absolute atomic E-state index is 0.102. The van der Waals surface area contributed by atoms with Crippen LogP contribution in [-0.4, -0.2) is 10.9 Å². The molecule has 0 N–H and O–H groups in total. The number of alkyl halides is 4. The third-order valence-corrected chi connectivity index (χ3v) is 5.30. The number of rotatable bonds is 4. The number of ether oxygens (including phenoxy) is 1. The van der Waals surface area contributed by atoms with Crippen LogP contribution in [0.4, 0.5) is 13.2 Å². The lowest BCUT2D eigenvalue weighted by molar-refractivity contribution is -0.137. The van der Waals surface area contributed by atoms with E-state index in [9.17, 15) is 13.2 Å². The highest BCUT2D eigenvalue weighted by atomic mass is 79.9. The van der Waals surface area contributed by atoms with Gasteiger partial charge in [0.05, 0.1) is 17.8 Å². The van der Waals surface area contributed by atoms with Gasteiger partial charge in [0, 0.05) is 4.83 Å². The van der Waals surface area contributed by atoms with Crippen LogP contribution >= 0.6 is 15.9 Å². The van der Waals surface area contributed by atoms with E-state index in [4.69, 9.17) is 4.74 Å². The Morgan fingerprint density at radius 3 is 2.28 bits per heavy atom. The average molecular weight is 413 g/mol. The van der Waals surface area contributed by atoms with E-state index in [2.05, 4.69) is 28.1 Å². The molecule has 1 aliphatic rings. The molecule has 3 rings (SSSR count). The van der Waals surface area contributed by atoms with Crippen LogP contribution in [0.25, 0.3) is 0 Å². The molecule has 3 atom stereocenters. The van der Waals surface area contributed by atoms with Crippen LogP contribution in [0.3, 0.4) is 0 Å². The molecule has 134 valence electrons. The van der Waals surface area contributed by atoms with E-state index in [0.29, 0.717) is 4.83 Å². The Hall–Kier alpha value is -1.33. The summed E-state index contributed by atoms with van der Waals surface area (Å²) >= 11 is 3.68. The van der Waals surface area contributed by atoms with E-state index in [1.54, 1.807) is 0 Å². The van der Waals surface area contributed by atoms with Gasteiger partial charge in [-0.05, 0) is 48.9 Å². The second-order valence-electron chi connectivity index (χ2n) is 6.46. The van der Waals surface area contributed by atoms with Gasteiger partial charge in [-0.15, -0.1) is 0 Å². The molecule has 0 saturated carbocycles. The highest BCUT2D eigenvalue weighted by Gasteiger charge is 2.32. The molecule has 1 aliphatic heterocycles. The molecule has 25 heavy (non-hydrogen) atoms. The van der Waals surface area contributed by atoms with Crippen molar-refractivity contribution in [1.82, 2.24) is 0 Å². The summed E-state index contributed by atoms with van der Waals surface area (Å²) in [6, 6.07) is 15.6. The van der Waals surface area contributed by atoms with Crippen molar-refractivity contribution < 1.29 is 17.9 Å². The van der Waals surface area contributed by atoms with Crippen LogP contribution in [0.5, 0.6) is 0 Å². The second-order valence-corrected chi connectivity index (χ2v) is 7.75. The van der Waals surface area contributed by atoms with Gasteiger partial charge in [0.2, 0.25) is 0 Å². The van der Waals surface area contributed by atoms with Crippen LogP contribution in [-0.2, 0) is 17.3 Å². The molecule has 0 amide bonds. The maximum Gasteiger partial charge on any atom is 0.416 e. The monoisotopic (exact) mass is 412 g/mol. The van der Waals surface area contributed by atoms with Gasteiger partial charge in [0.15, 0.2) is 0 Å². The van der Waals surface area contributed by atoms with Crippen molar-refractivity contribution in [3.63, 3.8) is 0 Å². The summed E-state index contributed by atoms with van der Waals surface area (Å²) < 4.78 is 44.3. The molecule has 0 radical (unpaired) electrons. The number of halogens is 4. The van der Waals surface area contributed by atoms with Gasteiger partial charge >= 0.3 is 6.18 Å². The summed E-state index contributed by atoms with van der Waals surface area (Å²) in [5, 5.41) is 0. The van der Waals surface area contributed by atoms with E-state index in [0.717, 1.165) is 43.4 Å². The van der Waals surface area contributed by atoms with E-state index in [1.165, 1.54) is 17.7 Å². The van der Waals surface area contributed by atoms with Crippen molar-refractivity contribution >= 4 is 15.9 Å². The third-order valence-electron chi connectivity index (χ3n) is 4.55. The molecule has 1 nitrogen and oxygen atoms in total. The Morgan fingerprint density at radius 2 is 1.64 bits per heavy atom. The van der Waals surface area contributed by atoms with Crippen molar-refractivity contribution in [2.75, 3.05) is 0 Å². The van der Waals surface area contributed by atoms with Crippen molar-refractivity contribution in [2.45, 2.75) is 48.9 Å². The standard InChI is InChI=1S/C20H20BrF3O/c21-17-12-18(11-6-14-4-2-1-3-5-14)25-19(13-17)15-7-9-16(10-8-15)20(22,23)24/h1-5,7-10,17-19H,6,11-13H2/t17-,18+,19+/m0/s1. The van der Waals surface area contributed by atoms with Crippen molar-refractivity contribution in [1.29, 1.82) is 0 Å². The van der Waals surface area contributed by atoms with E-state index >= 15 is 0 Å². The van der Waals surface area contributed by atoms with Gasteiger partial charge in [-0.3, -0.25) is 0 Å². The quantitative estimate of drug-likeness (QED) is 0.533. The molecule has 0 aliphatic carbocycles. The molecular formula is C20H20BrF3O. The minimum Gasteiger partial charge on any atom is -0.370 e. The Bertz CT molecular complexity index is 670. The van der Waals surface area contributed by atoms with Crippen molar-refractivity contribution in [3.8, 4) is 0 Å². The van der Waals surface area contributed by atoms with Gasteiger partial charge in [-0.2, -0.15) is 13.2 Å². The fraction of sp³-hybridized carbons (Fsp3) is 0.400. The van der Waals surface area contributed by atoms with Gasteiger partial charge in [0.25, 0.3) is 0 Å². The van der Waals surface area contributed by atoms with Gasteiger partial charge in [-0.25, -0.2) is 0 Å². The Kier molecular flexibility index (Phi) is 5.85. The normalized spacial score (nSPS) is 24.2. The van der Waals surface area contributed by atoms with E-state index < -0.39 is 11.7 Å². The lowest BCUT2D eigenvalue weighted by atomic mass is 9.95. The van der Waals surface area contributed by atoms with Crippen LogP contribution in [0.15, 0.2) is 54.6 Å². The molecule has 2 aromatic carbocycles. The maximum absolute atomic E-state index is 12.7. The molecule has 0 spiro atoms. The zero-order chi connectivity index (χ0) is 17.9. The topological polar surface area (TPSA) is 9.23 Å². The first kappa shape index (κ1) is 18.5. The van der Waals surface area contributed by atoms with Gasteiger partial charge in [-0.1, -0.05) is 58.4 Å². The van der Waals surface area contributed by atoms with E-state index in [1.807, 2.05) is 18.2 Å². The van der Waals surface area contributed by atoms with Crippen molar-refractivity contribution in [3.05, 3.63) is 71.3 Å². The van der Waals surface area contributed by atoms with Gasteiger partial charge < -0.3 is 4.74 Å². The number of hydrogen-bond donors (Lipinski definition) is 0. The van der Waals surface area contributed by atoms with Crippen LogP contribution in [0, 0.1) is 0 Å². The number of benzene rings is 2. The zero-order valence-electron chi connectivity index (χ0n) is 13.7. The minimum atomic E-state index is -4.30. The summed E-state index contributed by atoms with van der Waals surface area (Å²) in [6.07, 6.45) is -0.833. The highest BCUT2D eigenvalue weighted by molar-refractivity contribution is 9.09. The summed E-state index contributed by atoms with van der Waals surface area (Å²) in [6.45, 7) is 0. The Labute approximate surface area is 154 Å². The average Bonchev–Trinajstić information content (AvgIpc) is 2.60. The SMILES string of the molecule is FC(F)(F)c1ccc([C@H]2C[C@@H](Br)C[C@@H](CCc3ccccc3)O2)cc1. The predicted octanol–water partition coefficient (Wildman–Crippen LogP) is 6.32. The van der Waals surface area contributed by atoms with Gasteiger partial charge in [0.1, 0.15) is 0 Å². The number of hydrogen-bond acceptors (Lipinski definition) is 1. The van der Waals surface area contributed by atoms with E-state index in [-0.39, 0.29) is 12.2 Å². The van der Waals surface area contributed by atoms with Crippen LogP contribution in [0.1, 0.15) is 42.1 Å². The molecule has 2 aromatic rings. The second kappa shape index (κ2) is 7.92. The lowest BCUT2D eigenvalue weighted by Crippen LogP contribution is -2.29. The summed E-state index contributed by atoms with van der Waals surface area (Å²) in [4.78, 5) is 0.314. The maximum atomic E-state index is 12.7. The molecule has 0 unspecified atom stereocenters. The first-order valence-corrected chi connectivity index (χ1v) is 9.34. The van der Waals surface area contributed by atoms with Crippen molar-refractivity contribution in [2.24, 2.45) is 0 Å². The first-order valence-electron chi connectivity index (χ1n) is 8.42. The fourth-order valence-corrected chi connectivity index (χ4v) is 3.97. The van der Waals surface area contributed by atoms with Crippen LogP contribution in [0.2, 0.25) is 0 Å². The molecule has 5 heteroatoms. The molecule has 0 aromatic heterocycles. The summed E-state index contributed by atoms with van der Waals surface area (Å²) in [7, 11) is 0. The lowest BCUT2D eigenvalue weighted by Gasteiger charge is -2.33.